The SMILES string of the molecule is CC[C@@H](C)NC(=O)[C@H](Cc1ccccc1)N(Cc1ccccc1Cl)C(=O)CCCN(c1cccc(OC)c1)S(C)(=O)=O. The van der Waals surface area contributed by atoms with E-state index < -0.39 is 16.1 Å². The molecule has 0 fully saturated rings. The van der Waals surface area contributed by atoms with Gasteiger partial charge in [-0.25, -0.2) is 8.42 Å². The van der Waals surface area contributed by atoms with Crippen LogP contribution in [0.15, 0.2) is 78.9 Å². The molecule has 0 aliphatic heterocycles. The first-order valence-electron chi connectivity index (χ1n) is 14.0. The van der Waals surface area contributed by atoms with Gasteiger partial charge in [-0.15, -0.1) is 0 Å². The molecule has 0 saturated carbocycles. The summed E-state index contributed by atoms with van der Waals surface area (Å²) in [5.74, 6) is 0.0104. The predicted molar refractivity (Wildman–Crippen MR) is 168 cm³/mol. The van der Waals surface area contributed by atoms with Crippen molar-refractivity contribution in [1.29, 1.82) is 0 Å². The van der Waals surface area contributed by atoms with Crippen molar-refractivity contribution in [3.05, 3.63) is 95.0 Å². The Morgan fingerprint density at radius 1 is 1.00 bits per heavy atom. The zero-order chi connectivity index (χ0) is 30.7. The van der Waals surface area contributed by atoms with E-state index in [0.29, 0.717) is 22.9 Å². The van der Waals surface area contributed by atoms with Gasteiger partial charge in [-0.05, 0) is 49.1 Å². The van der Waals surface area contributed by atoms with Gasteiger partial charge in [-0.2, -0.15) is 0 Å². The molecule has 226 valence electrons. The standard InChI is InChI=1S/C32H40ClN3O5S/c1-5-24(2)34-32(38)30(21-25-13-7-6-8-14-25)35(23-26-15-9-10-18-29(26)33)31(37)19-12-20-36(42(4,39)40)27-16-11-17-28(22-27)41-3/h6-11,13-18,22,24,30H,5,12,19-21,23H2,1-4H3,(H,34,38)/t24-,30+/m1/s1. The second-order valence-electron chi connectivity index (χ2n) is 10.3. The number of amides is 2. The molecular weight excluding hydrogens is 574 g/mol. The van der Waals surface area contributed by atoms with Crippen LogP contribution in [0.25, 0.3) is 0 Å². The summed E-state index contributed by atoms with van der Waals surface area (Å²) in [4.78, 5) is 29.2. The molecule has 3 aromatic carbocycles. The molecule has 3 aromatic rings. The fourth-order valence-electron chi connectivity index (χ4n) is 4.57. The van der Waals surface area contributed by atoms with Crippen LogP contribution in [0.5, 0.6) is 5.75 Å². The lowest BCUT2D eigenvalue weighted by Gasteiger charge is -2.33. The van der Waals surface area contributed by atoms with Crippen molar-refractivity contribution in [2.45, 2.75) is 58.2 Å². The van der Waals surface area contributed by atoms with Crippen LogP contribution in [0.4, 0.5) is 5.69 Å². The third-order valence-corrected chi connectivity index (χ3v) is 8.63. The Labute approximate surface area is 254 Å². The number of rotatable bonds is 15. The summed E-state index contributed by atoms with van der Waals surface area (Å²) in [6, 6.07) is 22.7. The topological polar surface area (TPSA) is 96.0 Å². The summed E-state index contributed by atoms with van der Waals surface area (Å²) in [7, 11) is -2.12. The van der Waals surface area contributed by atoms with E-state index in [2.05, 4.69) is 5.32 Å². The highest BCUT2D eigenvalue weighted by Crippen LogP contribution is 2.25. The van der Waals surface area contributed by atoms with Gasteiger partial charge in [0.05, 0.1) is 19.1 Å². The predicted octanol–water partition coefficient (Wildman–Crippen LogP) is 5.45. The van der Waals surface area contributed by atoms with Crippen LogP contribution in [0.1, 0.15) is 44.2 Å². The van der Waals surface area contributed by atoms with Gasteiger partial charge in [0.1, 0.15) is 11.8 Å². The average Bonchev–Trinajstić information content (AvgIpc) is 2.97. The van der Waals surface area contributed by atoms with Crippen molar-refractivity contribution in [1.82, 2.24) is 10.2 Å². The first kappa shape index (κ1) is 32.9. The van der Waals surface area contributed by atoms with Gasteiger partial charge in [-0.1, -0.05) is 73.1 Å². The van der Waals surface area contributed by atoms with E-state index in [4.69, 9.17) is 16.3 Å². The van der Waals surface area contributed by atoms with E-state index >= 15 is 0 Å². The highest BCUT2D eigenvalue weighted by atomic mass is 35.5. The minimum atomic E-state index is -3.63. The molecular formula is C32H40ClN3O5S. The minimum Gasteiger partial charge on any atom is -0.497 e. The quantitative estimate of drug-likeness (QED) is 0.246. The lowest BCUT2D eigenvalue weighted by atomic mass is 10.0. The van der Waals surface area contributed by atoms with Crippen molar-refractivity contribution in [2.75, 3.05) is 24.2 Å². The highest BCUT2D eigenvalue weighted by Gasteiger charge is 2.31. The second kappa shape index (κ2) is 15.6. The molecule has 0 unspecified atom stereocenters. The van der Waals surface area contributed by atoms with Gasteiger partial charge in [0.15, 0.2) is 0 Å². The number of nitrogens with zero attached hydrogens (tertiary/aromatic N) is 2. The monoisotopic (exact) mass is 613 g/mol. The summed E-state index contributed by atoms with van der Waals surface area (Å²) in [6.45, 7) is 4.13. The smallest absolute Gasteiger partial charge is 0.243 e. The zero-order valence-corrected chi connectivity index (χ0v) is 26.2. The molecule has 0 heterocycles. The van der Waals surface area contributed by atoms with E-state index in [-0.39, 0.29) is 43.8 Å². The number of carbonyl (C=O) groups excluding carboxylic acids is 2. The summed E-state index contributed by atoms with van der Waals surface area (Å²) in [5.41, 5.74) is 2.09. The van der Waals surface area contributed by atoms with Crippen molar-refractivity contribution in [3.8, 4) is 5.75 Å². The second-order valence-corrected chi connectivity index (χ2v) is 12.6. The average molecular weight is 614 g/mol. The van der Waals surface area contributed by atoms with Gasteiger partial charge in [0.2, 0.25) is 21.8 Å². The van der Waals surface area contributed by atoms with E-state index in [9.17, 15) is 18.0 Å². The molecule has 10 heteroatoms. The molecule has 1 N–H and O–H groups in total. The number of nitrogens with one attached hydrogen (secondary N) is 1. The van der Waals surface area contributed by atoms with Crippen LogP contribution < -0.4 is 14.4 Å². The van der Waals surface area contributed by atoms with E-state index in [1.54, 1.807) is 35.2 Å². The number of carbonyl (C=O) groups is 2. The first-order chi connectivity index (χ1) is 20.0. The Kier molecular flexibility index (Phi) is 12.2. The van der Waals surface area contributed by atoms with Gasteiger partial charge in [0.25, 0.3) is 0 Å². The molecule has 0 aliphatic carbocycles. The van der Waals surface area contributed by atoms with Crippen molar-refractivity contribution >= 4 is 39.1 Å². The van der Waals surface area contributed by atoms with Crippen LogP contribution in [0.2, 0.25) is 5.02 Å². The Hall–Kier alpha value is -3.56. The maximum Gasteiger partial charge on any atom is 0.243 e. The van der Waals surface area contributed by atoms with E-state index in [1.165, 1.54) is 11.4 Å². The fourth-order valence-corrected chi connectivity index (χ4v) is 5.73. The number of benzene rings is 3. The lowest BCUT2D eigenvalue weighted by molar-refractivity contribution is -0.141. The molecule has 0 saturated heterocycles. The normalized spacial score (nSPS) is 12.7. The van der Waals surface area contributed by atoms with E-state index in [1.807, 2.05) is 62.4 Å². The Morgan fingerprint density at radius 3 is 2.33 bits per heavy atom. The summed E-state index contributed by atoms with van der Waals surface area (Å²) >= 11 is 6.49. The van der Waals surface area contributed by atoms with Crippen molar-refractivity contribution < 1.29 is 22.7 Å². The molecule has 0 aromatic heterocycles. The lowest BCUT2D eigenvalue weighted by Crippen LogP contribution is -2.52. The summed E-state index contributed by atoms with van der Waals surface area (Å²) in [6.07, 6.45) is 2.47. The Morgan fingerprint density at radius 2 is 1.69 bits per heavy atom. The van der Waals surface area contributed by atoms with Crippen LogP contribution >= 0.6 is 11.6 Å². The Balaban J connectivity index is 1.90. The van der Waals surface area contributed by atoms with Crippen LogP contribution in [-0.2, 0) is 32.6 Å². The highest BCUT2D eigenvalue weighted by molar-refractivity contribution is 7.92. The minimum absolute atomic E-state index is 0.0301. The molecule has 8 nitrogen and oxygen atoms in total. The number of ether oxygens (including phenoxy) is 1. The molecule has 3 rings (SSSR count). The summed E-state index contributed by atoms with van der Waals surface area (Å²) < 4.78 is 31.9. The number of hydrogen-bond donors (Lipinski definition) is 1. The molecule has 0 spiro atoms. The molecule has 0 aliphatic rings. The fraction of sp³-hybridized carbons (Fsp3) is 0.375. The Bertz CT molecular complexity index is 1430. The molecule has 0 radical (unpaired) electrons. The third kappa shape index (κ3) is 9.49. The number of halogens is 1. The van der Waals surface area contributed by atoms with Crippen LogP contribution in [0, 0.1) is 0 Å². The van der Waals surface area contributed by atoms with E-state index in [0.717, 1.165) is 23.8 Å². The first-order valence-corrected chi connectivity index (χ1v) is 16.2. The van der Waals surface area contributed by atoms with Crippen molar-refractivity contribution in [3.63, 3.8) is 0 Å². The van der Waals surface area contributed by atoms with Gasteiger partial charge < -0.3 is 15.0 Å². The van der Waals surface area contributed by atoms with Crippen LogP contribution in [-0.4, -0.2) is 57.1 Å². The largest absolute Gasteiger partial charge is 0.497 e. The number of anilines is 1. The zero-order valence-electron chi connectivity index (χ0n) is 24.6. The number of methoxy groups -OCH3 is 1. The molecule has 42 heavy (non-hydrogen) atoms. The number of sulfonamides is 1. The number of hydrogen-bond acceptors (Lipinski definition) is 5. The molecule has 0 bridgehead atoms. The van der Waals surface area contributed by atoms with Crippen LogP contribution in [0.3, 0.4) is 0 Å². The third-order valence-electron chi connectivity index (χ3n) is 7.06. The molecule has 2 atom stereocenters. The van der Waals surface area contributed by atoms with Gasteiger partial charge >= 0.3 is 0 Å². The van der Waals surface area contributed by atoms with Gasteiger partial charge in [0, 0.05) is 43.1 Å². The maximum absolute atomic E-state index is 13.9. The maximum atomic E-state index is 13.9. The molecule has 2 amide bonds. The summed E-state index contributed by atoms with van der Waals surface area (Å²) in [5, 5.41) is 3.54. The van der Waals surface area contributed by atoms with Crippen molar-refractivity contribution in [2.24, 2.45) is 0 Å². The van der Waals surface area contributed by atoms with Gasteiger partial charge in [-0.3, -0.25) is 13.9 Å².